The van der Waals surface area contributed by atoms with Crippen molar-refractivity contribution in [3.8, 4) is 6.07 Å². The third kappa shape index (κ3) is 5.46. The Balaban J connectivity index is 0.00000441. The molecule has 5 nitrogen and oxygen atoms in total. The average Bonchev–Trinajstić information content (AvgIpc) is 2.42. The SMILES string of the molecule is CCNCCNS(=O)(=O)c1ccc(C(F)(F)F)c(C#N)c1.Cl. The molecule has 22 heavy (non-hydrogen) atoms. The first-order valence-electron chi connectivity index (χ1n) is 6.04. The van der Waals surface area contributed by atoms with Crippen molar-refractivity contribution in [1.82, 2.24) is 10.0 Å². The summed E-state index contributed by atoms with van der Waals surface area (Å²) in [6.45, 7) is 3.00. The fraction of sp³-hybridized carbons (Fsp3) is 0.417. The maximum Gasteiger partial charge on any atom is 0.417 e. The number of nitriles is 1. The molecule has 0 spiro atoms. The van der Waals surface area contributed by atoms with Gasteiger partial charge in [-0.25, -0.2) is 13.1 Å². The lowest BCUT2D eigenvalue weighted by Gasteiger charge is -2.11. The normalized spacial score (nSPS) is 11.6. The zero-order valence-corrected chi connectivity index (χ0v) is 13.2. The largest absolute Gasteiger partial charge is 0.417 e. The molecule has 0 aliphatic carbocycles. The van der Waals surface area contributed by atoms with Crippen LogP contribution in [0.25, 0.3) is 0 Å². The van der Waals surface area contributed by atoms with E-state index in [4.69, 9.17) is 5.26 Å². The van der Waals surface area contributed by atoms with Gasteiger partial charge in [0.25, 0.3) is 0 Å². The summed E-state index contributed by atoms with van der Waals surface area (Å²) >= 11 is 0. The molecule has 0 bridgehead atoms. The fourth-order valence-electron chi connectivity index (χ4n) is 1.56. The van der Waals surface area contributed by atoms with Crippen LogP contribution in [0.15, 0.2) is 23.1 Å². The zero-order valence-electron chi connectivity index (χ0n) is 11.6. The van der Waals surface area contributed by atoms with E-state index in [1.807, 2.05) is 6.92 Å². The predicted octanol–water partition coefficient (Wildman–Crippen LogP) is 1.89. The highest BCUT2D eigenvalue weighted by molar-refractivity contribution is 7.89. The van der Waals surface area contributed by atoms with Crippen molar-refractivity contribution in [2.45, 2.75) is 18.0 Å². The molecule has 0 radical (unpaired) electrons. The molecule has 1 aromatic carbocycles. The van der Waals surface area contributed by atoms with Crippen molar-refractivity contribution >= 4 is 22.4 Å². The van der Waals surface area contributed by atoms with Gasteiger partial charge >= 0.3 is 6.18 Å². The zero-order chi connectivity index (χ0) is 16.1. The summed E-state index contributed by atoms with van der Waals surface area (Å²) < 4.78 is 63.9. The molecular formula is C12H15ClF3N3O2S. The third-order valence-electron chi connectivity index (χ3n) is 2.57. The third-order valence-corrected chi connectivity index (χ3v) is 4.03. The molecule has 0 aliphatic heterocycles. The Hall–Kier alpha value is -1.34. The quantitative estimate of drug-likeness (QED) is 0.762. The molecule has 0 amide bonds. The van der Waals surface area contributed by atoms with Crippen molar-refractivity contribution < 1.29 is 21.6 Å². The molecule has 1 aromatic rings. The number of likely N-dealkylation sites (N-methyl/N-ethyl adjacent to an activating group) is 1. The van der Waals surface area contributed by atoms with E-state index in [2.05, 4.69) is 10.0 Å². The fourth-order valence-corrected chi connectivity index (χ4v) is 2.62. The van der Waals surface area contributed by atoms with Gasteiger partial charge in [0.1, 0.15) is 0 Å². The molecule has 0 aliphatic rings. The van der Waals surface area contributed by atoms with Crippen LogP contribution in [0.2, 0.25) is 0 Å². The Bertz CT molecular complexity index is 642. The number of rotatable bonds is 6. The van der Waals surface area contributed by atoms with Crippen LogP contribution in [0.4, 0.5) is 13.2 Å². The van der Waals surface area contributed by atoms with E-state index in [1.165, 1.54) is 6.07 Å². The first-order chi connectivity index (χ1) is 9.72. The van der Waals surface area contributed by atoms with Gasteiger partial charge in [-0.05, 0) is 24.7 Å². The van der Waals surface area contributed by atoms with Gasteiger partial charge in [0.15, 0.2) is 0 Å². The monoisotopic (exact) mass is 357 g/mol. The van der Waals surface area contributed by atoms with Crippen LogP contribution >= 0.6 is 12.4 Å². The summed E-state index contributed by atoms with van der Waals surface area (Å²) in [5, 5.41) is 11.6. The van der Waals surface area contributed by atoms with Gasteiger partial charge in [-0.2, -0.15) is 18.4 Å². The minimum atomic E-state index is -4.70. The highest BCUT2D eigenvalue weighted by Gasteiger charge is 2.34. The highest BCUT2D eigenvalue weighted by Crippen LogP contribution is 2.32. The molecule has 0 unspecified atom stereocenters. The molecule has 0 fully saturated rings. The van der Waals surface area contributed by atoms with E-state index in [0.29, 0.717) is 19.2 Å². The Morgan fingerprint density at radius 1 is 1.27 bits per heavy atom. The van der Waals surface area contributed by atoms with E-state index in [9.17, 15) is 21.6 Å². The van der Waals surface area contributed by atoms with Crippen LogP contribution < -0.4 is 10.0 Å². The number of halogens is 4. The predicted molar refractivity (Wildman–Crippen MR) is 77.1 cm³/mol. The van der Waals surface area contributed by atoms with Crippen LogP contribution in [0.1, 0.15) is 18.1 Å². The lowest BCUT2D eigenvalue weighted by Crippen LogP contribution is -2.31. The number of nitrogens with one attached hydrogen (secondary N) is 2. The summed E-state index contributed by atoms with van der Waals surface area (Å²) in [4.78, 5) is -0.372. The van der Waals surface area contributed by atoms with Crippen molar-refractivity contribution in [3.05, 3.63) is 29.3 Å². The van der Waals surface area contributed by atoms with E-state index >= 15 is 0 Å². The Morgan fingerprint density at radius 3 is 2.41 bits per heavy atom. The summed E-state index contributed by atoms with van der Waals surface area (Å²) in [6, 6.07) is 3.51. The summed E-state index contributed by atoms with van der Waals surface area (Å²) in [5.41, 5.74) is -1.88. The lowest BCUT2D eigenvalue weighted by molar-refractivity contribution is -0.137. The van der Waals surface area contributed by atoms with E-state index < -0.39 is 27.3 Å². The molecule has 0 heterocycles. The van der Waals surface area contributed by atoms with E-state index in [-0.39, 0.29) is 23.8 Å². The van der Waals surface area contributed by atoms with Gasteiger partial charge in [0, 0.05) is 13.1 Å². The van der Waals surface area contributed by atoms with Crippen LogP contribution in [-0.4, -0.2) is 28.1 Å². The molecular weight excluding hydrogens is 343 g/mol. The molecule has 0 aromatic heterocycles. The maximum atomic E-state index is 12.6. The average molecular weight is 358 g/mol. The van der Waals surface area contributed by atoms with Crippen molar-refractivity contribution in [2.75, 3.05) is 19.6 Å². The lowest BCUT2D eigenvalue weighted by atomic mass is 10.1. The topological polar surface area (TPSA) is 82.0 Å². The highest BCUT2D eigenvalue weighted by atomic mass is 35.5. The second-order valence-electron chi connectivity index (χ2n) is 4.07. The summed E-state index contributed by atoms with van der Waals surface area (Å²) in [7, 11) is -3.94. The Labute approximate surface area is 133 Å². The van der Waals surface area contributed by atoms with Crippen molar-refractivity contribution in [2.24, 2.45) is 0 Å². The van der Waals surface area contributed by atoms with Gasteiger partial charge in [0.05, 0.1) is 22.1 Å². The molecule has 2 N–H and O–H groups in total. The van der Waals surface area contributed by atoms with E-state index in [1.54, 1.807) is 0 Å². The molecule has 124 valence electrons. The van der Waals surface area contributed by atoms with Crippen LogP contribution in [-0.2, 0) is 16.2 Å². The van der Waals surface area contributed by atoms with Gasteiger partial charge in [-0.15, -0.1) is 12.4 Å². The maximum absolute atomic E-state index is 12.6. The first-order valence-corrected chi connectivity index (χ1v) is 7.52. The minimum absolute atomic E-state index is 0. The standard InChI is InChI=1S/C12H14F3N3O2S.ClH/c1-2-17-5-6-18-21(19,20)10-3-4-11(12(13,14)15)9(7-10)8-16;/h3-4,7,17-18H,2,5-6H2,1H3;1H. The van der Waals surface area contributed by atoms with Gasteiger partial charge in [-0.3, -0.25) is 0 Å². The van der Waals surface area contributed by atoms with Crippen LogP contribution in [0.5, 0.6) is 0 Å². The molecule has 0 atom stereocenters. The molecule has 10 heteroatoms. The molecule has 0 saturated heterocycles. The molecule has 0 saturated carbocycles. The number of alkyl halides is 3. The minimum Gasteiger partial charge on any atom is -0.316 e. The number of sulfonamides is 1. The van der Waals surface area contributed by atoms with Gasteiger partial charge < -0.3 is 5.32 Å². The van der Waals surface area contributed by atoms with Gasteiger partial charge in [-0.1, -0.05) is 6.92 Å². The van der Waals surface area contributed by atoms with Crippen LogP contribution in [0.3, 0.4) is 0 Å². The number of benzene rings is 1. The van der Waals surface area contributed by atoms with Crippen molar-refractivity contribution in [1.29, 1.82) is 5.26 Å². The smallest absolute Gasteiger partial charge is 0.316 e. The number of hydrogen-bond donors (Lipinski definition) is 2. The second kappa shape index (κ2) is 8.33. The second-order valence-corrected chi connectivity index (χ2v) is 5.84. The Kier molecular flexibility index (Phi) is 7.83. The number of hydrogen-bond acceptors (Lipinski definition) is 4. The number of nitrogens with zero attached hydrogens (tertiary/aromatic N) is 1. The Morgan fingerprint density at radius 2 is 1.91 bits per heavy atom. The van der Waals surface area contributed by atoms with Crippen molar-refractivity contribution in [3.63, 3.8) is 0 Å². The van der Waals surface area contributed by atoms with Crippen LogP contribution in [0, 0.1) is 11.3 Å². The first kappa shape index (κ1) is 20.7. The molecule has 1 rings (SSSR count). The summed E-state index contributed by atoms with van der Waals surface area (Å²) in [5.74, 6) is 0. The van der Waals surface area contributed by atoms with E-state index in [0.717, 1.165) is 12.1 Å². The summed E-state index contributed by atoms with van der Waals surface area (Å²) in [6.07, 6.45) is -4.70. The van der Waals surface area contributed by atoms with Gasteiger partial charge in [0.2, 0.25) is 10.0 Å².